The number of rotatable bonds is 0. The van der Waals surface area contributed by atoms with Crippen LogP contribution in [0.2, 0.25) is 0 Å². The van der Waals surface area contributed by atoms with Crippen LogP contribution in [-0.4, -0.2) is 19.0 Å². The Morgan fingerprint density at radius 3 is 2.53 bits per heavy atom. The molecule has 0 spiro atoms. The number of nitrogens with one attached hydrogen (secondary N) is 2. The van der Waals surface area contributed by atoms with Gasteiger partial charge in [0.1, 0.15) is 0 Å². The van der Waals surface area contributed by atoms with Crippen LogP contribution < -0.4 is 10.6 Å². The smallest absolute Gasteiger partial charge is 0.325 e. The highest BCUT2D eigenvalue weighted by atomic mass is 35.5. The SMILES string of the molecule is Cl.O=C1Nc2c(cccc2C(F)(F)F)[C@@H]2CNC[C@@H]12. The maximum absolute atomic E-state index is 12.9. The third-order valence-corrected chi connectivity index (χ3v) is 3.60. The lowest BCUT2D eigenvalue weighted by atomic mass is 9.83. The first kappa shape index (κ1) is 14.1. The van der Waals surface area contributed by atoms with Crippen LogP contribution in [-0.2, 0) is 11.0 Å². The van der Waals surface area contributed by atoms with Gasteiger partial charge in [-0.25, -0.2) is 0 Å². The van der Waals surface area contributed by atoms with Crippen LogP contribution in [0.25, 0.3) is 0 Å². The van der Waals surface area contributed by atoms with E-state index >= 15 is 0 Å². The van der Waals surface area contributed by atoms with Gasteiger partial charge in [-0.15, -0.1) is 12.4 Å². The molecule has 3 rings (SSSR count). The first-order chi connectivity index (χ1) is 8.48. The number of hydrogen-bond acceptors (Lipinski definition) is 2. The lowest BCUT2D eigenvalue weighted by Crippen LogP contribution is -2.34. The molecule has 7 heteroatoms. The third kappa shape index (κ3) is 2.19. The Kier molecular flexibility index (Phi) is 3.49. The predicted octanol–water partition coefficient (Wildman–Crippen LogP) is 2.38. The zero-order chi connectivity index (χ0) is 12.9. The third-order valence-electron chi connectivity index (χ3n) is 3.60. The summed E-state index contributed by atoms with van der Waals surface area (Å²) in [5.74, 6) is -0.744. The van der Waals surface area contributed by atoms with Crippen LogP contribution in [0.1, 0.15) is 17.0 Å². The molecule has 1 fully saturated rings. The first-order valence-electron chi connectivity index (χ1n) is 5.70. The van der Waals surface area contributed by atoms with E-state index in [1.54, 1.807) is 6.07 Å². The molecular formula is C12H12ClF3N2O. The van der Waals surface area contributed by atoms with Crippen molar-refractivity contribution in [2.24, 2.45) is 5.92 Å². The van der Waals surface area contributed by atoms with Gasteiger partial charge < -0.3 is 10.6 Å². The Labute approximate surface area is 114 Å². The lowest BCUT2D eigenvalue weighted by molar-refractivity contribution is -0.137. The predicted molar refractivity (Wildman–Crippen MR) is 66.4 cm³/mol. The van der Waals surface area contributed by atoms with Gasteiger partial charge in [0.2, 0.25) is 5.91 Å². The number of carbonyl (C=O) groups is 1. The molecule has 0 bridgehead atoms. The van der Waals surface area contributed by atoms with Gasteiger partial charge in [-0.2, -0.15) is 13.2 Å². The van der Waals surface area contributed by atoms with Gasteiger partial charge in [-0.1, -0.05) is 12.1 Å². The second-order valence-electron chi connectivity index (χ2n) is 4.63. The Balaban J connectivity index is 0.00000133. The summed E-state index contributed by atoms with van der Waals surface area (Å²) in [5.41, 5.74) is -0.252. The molecule has 1 amide bonds. The molecule has 2 heterocycles. The van der Waals surface area contributed by atoms with Crippen LogP contribution in [0.5, 0.6) is 0 Å². The van der Waals surface area contributed by atoms with Gasteiger partial charge in [0.25, 0.3) is 0 Å². The molecule has 0 aliphatic carbocycles. The number of benzene rings is 1. The van der Waals surface area contributed by atoms with Crippen molar-refractivity contribution in [1.29, 1.82) is 0 Å². The summed E-state index contributed by atoms with van der Waals surface area (Å²) in [7, 11) is 0. The standard InChI is InChI=1S/C12H11F3N2O.ClH/c13-12(14,15)9-3-1-2-6-7-4-16-5-8(7)11(18)17-10(6)9;/h1-3,7-8,16H,4-5H2,(H,17,18);1H/t7-,8+;/m0./s1. The van der Waals surface area contributed by atoms with Crippen LogP contribution in [0.4, 0.5) is 18.9 Å². The van der Waals surface area contributed by atoms with Gasteiger partial charge >= 0.3 is 6.18 Å². The normalized spacial score (nSPS) is 25.1. The molecule has 3 nitrogen and oxygen atoms in total. The Morgan fingerprint density at radius 1 is 1.16 bits per heavy atom. The molecule has 1 aromatic carbocycles. The molecule has 0 unspecified atom stereocenters. The summed E-state index contributed by atoms with van der Waals surface area (Å²) in [6, 6.07) is 4.06. The fraction of sp³-hybridized carbons (Fsp3) is 0.417. The highest BCUT2D eigenvalue weighted by molar-refractivity contribution is 5.98. The number of halogens is 4. The minimum Gasteiger partial charge on any atom is -0.325 e. The molecule has 19 heavy (non-hydrogen) atoms. The molecule has 1 aromatic rings. The average molecular weight is 293 g/mol. The highest BCUT2D eigenvalue weighted by Gasteiger charge is 2.43. The lowest BCUT2D eigenvalue weighted by Gasteiger charge is -2.29. The number of hydrogen-bond donors (Lipinski definition) is 2. The summed E-state index contributed by atoms with van der Waals surface area (Å²) >= 11 is 0. The summed E-state index contributed by atoms with van der Waals surface area (Å²) in [6.45, 7) is 1.07. The van der Waals surface area contributed by atoms with E-state index in [0.29, 0.717) is 18.7 Å². The van der Waals surface area contributed by atoms with Gasteiger partial charge in [-0.05, 0) is 11.6 Å². The summed E-state index contributed by atoms with van der Waals surface area (Å²) in [4.78, 5) is 11.8. The second kappa shape index (κ2) is 4.68. The molecule has 2 aliphatic rings. The van der Waals surface area contributed by atoms with Gasteiger partial charge in [-0.3, -0.25) is 4.79 Å². The minimum absolute atomic E-state index is 0. The largest absolute Gasteiger partial charge is 0.418 e. The number of anilines is 1. The number of fused-ring (bicyclic) bond motifs is 3. The minimum atomic E-state index is -4.45. The number of carbonyl (C=O) groups excluding carboxylic acids is 1. The monoisotopic (exact) mass is 292 g/mol. The molecule has 1 saturated heterocycles. The molecule has 0 aromatic heterocycles. The topological polar surface area (TPSA) is 41.1 Å². The maximum atomic E-state index is 12.9. The Morgan fingerprint density at radius 2 is 1.84 bits per heavy atom. The van der Waals surface area contributed by atoms with Crippen LogP contribution in [0, 0.1) is 5.92 Å². The van der Waals surface area contributed by atoms with Crippen molar-refractivity contribution in [3.05, 3.63) is 29.3 Å². The quantitative estimate of drug-likeness (QED) is 0.771. The van der Waals surface area contributed by atoms with E-state index < -0.39 is 11.7 Å². The first-order valence-corrected chi connectivity index (χ1v) is 5.70. The fourth-order valence-electron chi connectivity index (χ4n) is 2.75. The van der Waals surface area contributed by atoms with Crippen LogP contribution >= 0.6 is 12.4 Å². The molecule has 2 N–H and O–H groups in total. The zero-order valence-corrected chi connectivity index (χ0v) is 10.6. The van der Waals surface area contributed by atoms with Crippen molar-refractivity contribution in [3.8, 4) is 0 Å². The summed E-state index contributed by atoms with van der Waals surface area (Å²) < 4.78 is 38.6. The van der Waals surface area contributed by atoms with E-state index in [1.807, 2.05) is 0 Å². The van der Waals surface area contributed by atoms with Gasteiger partial charge in [0, 0.05) is 19.0 Å². The molecule has 0 saturated carbocycles. The highest BCUT2D eigenvalue weighted by Crippen LogP contribution is 2.44. The molecule has 104 valence electrons. The molecule has 2 atom stereocenters. The van der Waals surface area contributed by atoms with Crippen LogP contribution in [0.15, 0.2) is 18.2 Å². The van der Waals surface area contributed by atoms with Crippen molar-refractivity contribution < 1.29 is 18.0 Å². The summed E-state index contributed by atoms with van der Waals surface area (Å²) in [6.07, 6.45) is -4.45. The second-order valence-corrected chi connectivity index (χ2v) is 4.63. The zero-order valence-electron chi connectivity index (χ0n) is 9.75. The van der Waals surface area contributed by atoms with Gasteiger partial charge in [0.15, 0.2) is 0 Å². The van der Waals surface area contributed by atoms with E-state index in [4.69, 9.17) is 0 Å². The molecule has 0 radical (unpaired) electrons. The van der Waals surface area contributed by atoms with Crippen LogP contribution in [0.3, 0.4) is 0 Å². The maximum Gasteiger partial charge on any atom is 0.418 e. The fourth-order valence-corrected chi connectivity index (χ4v) is 2.75. The van der Waals surface area contributed by atoms with E-state index in [2.05, 4.69) is 10.6 Å². The number of para-hydroxylation sites is 1. The molecule has 2 aliphatic heterocycles. The molecular weight excluding hydrogens is 281 g/mol. The van der Waals surface area contributed by atoms with E-state index in [1.165, 1.54) is 6.07 Å². The van der Waals surface area contributed by atoms with Crippen molar-refractivity contribution in [2.75, 3.05) is 18.4 Å². The van der Waals surface area contributed by atoms with E-state index in [9.17, 15) is 18.0 Å². The average Bonchev–Trinajstić information content (AvgIpc) is 2.77. The van der Waals surface area contributed by atoms with Crippen molar-refractivity contribution in [2.45, 2.75) is 12.1 Å². The van der Waals surface area contributed by atoms with E-state index in [-0.39, 0.29) is 35.8 Å². The van der Waals surface area contributed by atoms with Gasteiger partial charge in [0.05, 0.1) is 17.2 Å². The van der Waals surface area contributed by atoms with Crippen molar-refractivity contribution in [3.63, 3.8) is 0 Å². The van der Waals surface area contributed by atoms with Crippen molar-refractivity contribution >= 4 is 24.0 Å². The number of amides is 1. The van der Waals surface area contributed by atoms with Crippen molar-refractivity contribution in [1.82, 2.24) is 5.32 Å². The Hall–Kier alpha value is -1.27. The Bertz CT molecular complexity index is 518. The summed E-state index contributed by atoms with van der Waals surface area (Å²) in [5, 5.41) is 5.46. The van der Waals surface area contributed by atoms with E-state index in [0.717, 1.165) is 6.07 Å². The number of alkyl halides is 3.